The van der Waals surface area contributed by atoms with E-state index in [1.165, 1.54) is 13.2 Å². The highest BCUT2D eigenvalue weighted by atomic mass is 32.2. The fraction of sp³-hybridized carbons (Fsp3) is 0.714. The molecule has 2 fully saturated rings. The van der Waals surface area contributed by atoms with Gasteiger partial charge in [-0.1, -0.05) is 20.8 Å². The third-order valence-corrected chi connectivity index (χ3v) is 6.13. The Balaban J connectivity index is 2.04. The molecule has 0 aromatic rings. The van der Waals surface area contributed by atoms with Gasteiger partial charge in [0.05, 0.1) is 13.2 Å². The molecule has 106 valence electrons. The first kappa shape index (κ1) is 14.4. The summed E-state index contributed by atoms with van der Waals surface area (Å²) >= 11 is 1.88. The lowest BCUT2D eigenvalue weighted by molar-refractivity contribution is -0.135. The average Bonchev–Trinajstić information content (AvgIpc) is 2.55. The highest BCUT2D eigenvalue weighted by Gasteiger charge is 2.61. The van der Waals surface area contributed by atoms with Crippen molar-refractivity contribution in [2.45, 2.75) is 43.7 Å². The Morgan fingerprint density at radius 1 is 1.47 bits per heavy atom. The van der Waals surface area contributed by atoms with Gasteiger partial charge in [-0.15, -0.1) is 11.8 Å². The van der Waals surface area contributed by atoms with Crippen LogP contribution < -0.4 is 5.32 Å². The van der Waals surface area contributed by atoms with Crippen LogP contribution in [0.1, 0.15) is 27.7 Å². The molecule has 0 bridgehead atoms. The molecule has 19 heavy (non-hydrogen) atoms. The summed E-state index contributed by atoms with van der Waals surface area (Å²) in [5, 5.41) is 3.47. The van der Waals surface area contributed by atoms with Gasteiger partial charge in [0, 0.05) is 27.7 Å². The molecule has 5 heteroatoms. The van der Waals surface area contributed by atoms with Crippen LogP contribution in [0.25, 0.3) is 0 Å². The van der Waals surface area contributed by atoms with Crippen LogP contribution in [-0.2, 0) is 14.3 Å². The van der Waals surface area contributed by atoms with Gasteiger partial charge >= 0.3 is 5.97 Å². The Kier molecular flexibility index (Phi) is 3.69. The van der Waals surface area contributed by atoms with Crippen LogP contribution in [0.15, 0.2) is 11.8 Å². The predicted molar refractivity (Wildman–Crippen MR) is 75.8 cm³/mol. The Bertz CT molecular complexity index is 444. The quantitative estimate of drug-likeness (QED) is 0.632. The molecule has 0 radical (unpaired) electrons. The Morgan fingerprint density at radius 3 is 2.68 bits per heavy atom. The van der Waals surface area contributed by atoms with Gasteiger partial charge in [0.25, 0.3) is 0 Å². The zero-order valence-electron chi connectivity index (χ0n) is 12.0. The van der Waals surface area contributed by atoms with Crippen LogP contribution in [0.3, 0.4) is 0 Å². The molecule has 0 spiro atoms. The van der Waals surface area contributed by atoms with Crippen LogP contribution >= 0.6 is 11.8 Å². The molecule has 1 aliphatic heterocycles. The first-order valence-corrected chi connectivity index (χ1v) is 7.40. The zero-order chi connectivity index (χ0) is 14.4. The van der Waals surface area contributed by atoms with Crippen molar-refractivity contribution in [3.8, 4) is 0 Å². The third-order valence-electron chi connectivity index (χ3n) is 4.31. The molecule has 1 aliphatic carbocycles. The average molecular weight is 283 g/mol. The van der Waals surface area contributed by atoms with Gasteiger partial charge in [0.2, 0.25) is 0 Å². The van der Waals surface area contributed by atoms with Gasteiger partial charge in [-0.3, -0.25) is 4.79 Å². The Morgan fingerprint density at radius 2 is 2.11 bits per heavy atom. The highest BCUT2D eigenvalue weighted by Crippen LogP contribution is 2.57. The summed E-state index contributed by atoms with van der Waals surface area (Å²) in [6.45, 7) is 8.33. The minimum absolute atomic E-state index is 0.140. The zero-order valence-corrected chi connectivity index (χ0v) is 12.8. The van der Waals surface area contributed by atoms with E-state index in [1.54, 1.807) is 6.92 Å². The van der Waals surface area contributed by atoms with E-state index >= 15 is 0 Å². The van der Waals surface area contributed by atoms with Crippen LogP contribution in [0.2, 0.25) is 0 Å². The standard InChI is InChI=1S/C14H21NO3S/c1-7(6-9(16)18-5)15-11-12(17)10-8(2)14(3,4)19-13(10)11/h6,8,10-11,13,15H,1-5H3/b7-6-/t8-,10?,11-,13?/m1/s1. The number of carbonyl (C=O) groups excluding carboxylic acids is 2. The van der Waals surface area contributed by atoms with Crippen LogP contribution in [0, 0.1) is 11.8 Å². The van der Waals surface area contributed by atoms with E-state index in [0.717, 1.165) is 0 Å². The molecular weight excluding hydrogens is 262 g/mol. The number of hydrogen-bond acceptors (Lipinski definition) is 5. The predicted octanol–water partition coefficient (Wildman–Crippen LogP) is 1.75. The van der Waals surface area contributed by atoms with Crippen LogP contribution in [0.5, 0.6) is 0 Å². The summed E-state index contributed by atoms with van der Waals surface area (Å²) in [6, 6.07) is -0.167. The summed E-state index contributed by atoms with van der Waals surface area (Å²) < 4.78 is 4.71. The summed E-state index contributed by atoms with van der Waals surface area (Å²) in [4.78, 5) is 23.4. The van der Waals surface area contributed by atoms with Gasteiger partial charge in [0.15, 0.2) is 5.78 Å². The molecule has 0 aromatic carbocycles. The van der Waals surface area contributed by atoms with Crippen molar-refractivity contribution in [2.24, 2.45) is 11.8 Å². The number of esters is 1. The van der Waals surface area contributed by atoms with Crippen LogP contribution in [-0.4, -0.2) is 34.9 Å². The number of fused-ring (bicyclic) bond motifs is 1. The maximum Gasteiger partial charge on any atom is 0.332 e. The molecule has 4 nitrogen and oxygen atoms in total. The molecular formula is C14H21NO3S. The maximum atomic E-state index is 12.2. The van der Waals surface area contributed by atoms with Crippen molar-refractivity contribution >= 4 is 23.5 Å². The number of rotatable bonds is 3. The van der Waals surface area contributed by atoms with Gasteiger partial charge in [-0.2, -0.15) is 0 Å². The van der Waals surface area contributed by atoms with E-state index in [9.17, 15) is 9.59 Å². The third kappa shape index (κ3) is 2.40. The lowest BCUT2D eigenvalue weighted by Crippen LogP contribution is -2.60. The Hall–Kier alpha value is -0.970. The topological polar surface area (TPSA) is 55.4 Å². The first-order chi connectivity index (χ1) is 8.77. The van der Waals surface area contributed by atoms with Gasteiger partial charge in [0.1, 0.15) is 0 Å². The van der Waals surface area contributed by atoms with E-state index in [4.69, 9.17) is 0 Å². The van der Waals surface area contributed by atoms with Crippen molar-refractivity contribution in [1.29, 1.82) is 0 Å². The van der Waals surface area contributed by atoms with E-state index < -0.39 is 5.97 Å². The normalized spacial score (nSPS) is 36.5. The summed E-state index contributed by atoms with van der Waals surface area (Å²) in [6.07, 6.45) is 1.38. The fourth-order valence-corrected chi connectivity index (χ4v) is 4.78. The second-order valence-corrected chi connectivity index (χ2v) is 7.71. The molecule has 1 saturated carbocycles. The van der Waals surface area contributed by atoms with E-state index in [0.29, 0.717) is 16.9 Å². The minimum Gasteiger partial charge on any atom is -0.466 e. The second-order valence-electron chi connectivity index (χ2n) is 5.88. The lowest BCUT2D eigenvalue weighted by Gasteiger charge is -2.40. The number of Topliss-reactive ketones (excluding diaryl/α,β-unsaturated/α-hetero) is 1. The van der Waals surface area contributed by atoms with Crippen molar-refractivity contribution in [2.75, 3.05) is 7.11 Å². The summed E-state index contributed by atoms with van der Waals surface area (Å²) in [5.41, 5.74) is 0.682. The molecule has 2 unspecified atom stereocenters. The lowest BCUT2D eigenvalue weighted by atomic mass is 9.68. The maximum absolute atomic E-state index is 12.2. The number of ether oxygens (including phenoxy) is 1. The number of thioether (sulfide) groups is 1. The highest BCUT2D eigenvalue weighted by molar-refractivity contribution is 8.01. The number of allylic oxidation sites excluding steroid dienone is 1. The molecule has 1 heterocycles. The molecule has 0 amide bonds. The first-order valence-electron chi connectivity index (χ1n) is 6.52. The molecule has 4 atom stereocenters. The smallest absolute Gasteiger partial charge is 0.332 e. The Labute approximate surface area is 118 Å². The van der Waals surface area contributed by atoms with Crippen LogP contribution in [0.4, 0.5) is 0 Å². The minimum atomic E-state index is -0.402. The monoisotopic (exact) mass is 283 g/mol. The van der Waals surface area contributed by atoms with Gasteiger partial charge in [-0.25, -0.2) is 4.79 Å². The largest absolute Gasteiger partial charge is 0.466 e. The fourth-order valence-electron chi connectivity index (χ4n) is 2.86. The van der Waals surface area contributed by atoms with Crippen molar-refractivity contribution in [3.05, 3.63) is 11.8 Å². The number of methoxy groups -OCH3 is 1. The van der Waals surface area contributed by atoms with Crippen molar-refractivity contribution < 1.29 is 14.3 Å². The number of ketones is 1. The molecule has 1 saturated heterocycles. The molecule has 2 rings (SSSR count). The van der Waals surface area contributed by atoms with E-state index in [-0.39, 0.29) is 22.5 Å². The van der Waals surface area contributed by atoms with Gasteiger partial charge in [-0.05, 0) is 12.8 Å². The number of hydrogen-bond donors (Lipinski definition) is 1. The number of nitrogens with one attached hydrogen (secondary N) is 1. The summed E-state index contributed by atoms with van der Waals surface area (Å²) in [7, 11) is 1.34. The number of carbonyl (C=O) groups is 2. The SMILES string of the molecule is COC(=O)/C=C(/C)N[C@@H]1C(=O)C2C1SC(C)(C)[C@@H]2C. The van der Waals surface area contributed by atoms with Gasteiger partial charge < -0.3 is 10.1 Å². The van der Waals surface area contributed by atoms with Crippen molar-refractivity contribution in [1.82, 2.24) is 5.32 Å². The molecule has 1 N–H and O–H groups in total. The second kappa shape index (κ2) is 4.85. The van der Waals surface area contributed by atoms with E-state index in [2.05, 4.69) is 30.8 Å². The molecule has 2 aliphatic rings. The summed E-state index contributed by atoms with van der Waals surface area (Å²) in [5.74, 6) is 0.427. The van der Waals surface area contributed by atoms with Crippen molar-refractivity contribution in [3.63, 3.8) is 0 Å². The molecule has 0 aromatic heterocycles. The van der Waals surface area contributed by atoms with E-state index in [1.807, 2.05) is 11.8 Å².